The number of fused-ring (bicyclic) bond motifs is 1. The van der Waals surface area contributed by atoms with Gasteiger partial charge in [-0.15, -0.1) is 11.3 Å². The van der Waals surface area contributed by atoms with Crippen LogP contribution in [-0.2, 0) is 0 Å². The van der Waals surface area contributed by atoms with E-state index in [1.807, 2.05) is 35.8 Å². The molecule has 0 bridgehead atoms. The van der Waals surface area contributed by atoms with E-state index < -0.39 is 0 Å². The second kappa shape index (κ2) is 2.84. The Kier molecular flexibility index (Phi) is 1.69. The van der Waals surface area contributed by atoms with Gasteiger partial charge in [0.1, 0.15) is 0 Å². The van der Waals surface area contributed by atoms with Crippen LogP contribution in [-0.4, -0.2) is 0 Å². The topological polar surface area (TPSA) is 35.8 Å². The van der Waals surface area contributed by atoms with Crippen LogP contribution in [0.3, 0.4) is 0 Å². The number of nitrogens with one attached hydrogen (secondary N) is 1. The van der Waals surface area contributed by atoms with Crippen LogP contribution in [0.5, 0.6) is 0 Å². The van der Waals surface area contributed by atoms with Crippen molar-refractivity contribution in [3.05, 3.63) is 29.6 Å². The van der Waals surface area contributed by atoms with Gasteiger partial charge in [0.25, 0.3) is 0 Å². The van der Waals surface area contributed by atoms with Crippen LogP contribution in [0.25, 0.3) is 10.1 Å². The molecule has 1 aromatic heterocycles. The largest absolute Gasteiger partial charge is 0.293 e. The Morgan fingerprint density at radius 3 is 3.08 bits per heavy atom. The average Bonchev–Trinajstić information content (AvgIpc) is 2.51. The Balaban J connectivity index is 2.54. The van der Waals surface area contributed by atoms with Crippen molar-refractivity contribution in [3.8, 4) is 6.19 Å². The molecule has 0 saturated carbocycles. The fourth-order valence-electron chi connectivity index (χ4n) is 1.11. The highest BCUT2D eigenvalue weighted by Crippen LogP contribution is 2.23. The summed E-state index contributed by atoms with van der Waals surface area (Å²) >= 11 is 1.70. The normalized spacial score (nSPS) is 9.58. The Bertz CT molecular complexity index is 439. The maximum Gasteiger partial charge on any atom is 0.181 e. The molecule has 1 heterocycles. The Morgan fingerprint density at radius 2 is 2.25 bits per heavy atom. The van der Waals surface area contributed by atoms with E-state index in [0.29, 0.717) is 0 Å². The van der Waals surface area contributed by atoms with Gasteiger partial charge < -0.3 is 0 Å². The Hall–Kier alpha value is -1.53. The fraction of sp³-hybridized carbons (Fsp3) is 0. The molecule has 12 heavy (non-hydrogen) atoms. The summed E-state index contributed by atoms with van der Waals surface area (Å²) in [5, 5.41) is 14.2. The lowest BCUT2D eigenvalue weighted by Gasteiger charge is -1.95. The number of nitrogens with zero attached hydrogens (tertiary/aromatic N) is 1. The standard InChI is InChI=1S/C9H6N2S/c10-6-11-8-1-2-9-7(5-8)3-4-12-9/h1-5,11H. The molecule has 1 aromatic carbocycles. The number of nitriles is 1. The zero-order chi connectivity index (χ0) is 8.39. The van der Waals surface area contributed by atoms with Crippen molar-refractivity contribution in [2.24, 2.45) is 0 Å². The highest BCUT2D eigenvalue weighted by atomic mass is 32.1. The minimum atomic E-state index is 0.850. The molecular weight excluding hydrogens is 168 g/mol. The van der Waals surface area contributed by atoms with Crippen LogP contribution >= 0.6 is 11.3 Å². The first-order valence-corrected chi connectivity index (χ1v) is 4.40. The molecule has 0 amide bonds. The number of benzene rings is 1. The van der Waals surface area contributed by atoms with Gasteiger partial charge >= 0.3 is 0 Å². The first-order chi connectivity index (χ1) is 5.90. The molecule has 0 unspecified atom stereocenters. The smallest absolute Gasteiger partial charge is 0.181 e. The lowest BCUT2D eigenvalue weighted by atomic mass is 10.2. The minimum absolute atomic E-state index is 0.850. The number of rotatable bonds is 1. The third-order valence-corrected chi connectivity index (χ3v) is 2.55. The molecule has 0 radical (unpaired) electrons. The van der Waals surface area contributed by atoms with Crippen molar-refractivity contribution in [2.45, 2.75) is 0 Å². The van der Waals surface area contributed by atoms with Crippen LogP contribution in [0.15, 0.2) is 29.6 Å². The van der Waals surface area contributed by atoms with Gasteiger partial charge in [0.15, 0.2) is 6.19 Å². The molecule has 0 spiro atoms. The third kappa shape index (κ3) is 1.13. The van der Waals surface area contributed by atoms with Gasteiger partial charge in [0, 0.05) is 10.4 Å². The van der Waals surface area contributed by atoms with Crippen molar-refractivity contribution >= 4 is 27.1 Å². The number of hydrogen-bond donors (Lipinski definition) is 1. The molecule has 0 atom stereocenters. The monoisotopic (exact) mass is 174 g/mol. The van der Waals surface area contributed by atoms with Crippen LogP contribution in [0, 0.1) is 11.5 Å². The SMILES string of the molecule is N#CNc1ccc2sccc2c1. The lowest BCUT2D eigenvalue weighted by Crippen LogP contribution is -1.84. The summed E-state index contributed by atoms with van der Waals surface area (Å²) in [6, 6.07) is 7.93. The van der Waals surface area contributed by atoms with E-state index >= 15 is 0 Å². The van der Waals surface area contributed by atoms with Gasteiger partial charge in [-0.25, -0.2) is 0 Å². The summed E-state index contributed by atoms with van der Waals surface area (Å²) < 4.78 is 1.25. The van der Waals surface area contributed by atoms with Crippen LogP contribution in [0.1, 0.15) is 0 Å². The molecule has 2 nitrogen and oxygen atoms in total. The van der Waals surface area contributed by atoms with Crippen molar-refractivity contribution in [2.75, 3.05) is 5.32 Å². The number of thiophene rings is 1. The highest BCUT2D eigenvalue weighted by Gasteiger charge is 1.95. The Morgan fingerprint density at radius 1 is 1.33 bits per heavy atom. The second-order valence-electron chi connectivity index (χ2n) is 2.41. The van der Waals surface area contributed by atoms with Gasteiger partial charge in [0.2, 0.25) is 0 Å². The van der Waals surface area contributed by atoms with Gasteiger partial charge in [0.05, 0.1) is 0 Å². The first kappa shape index (κ1) is 7.14. The van der Waals surface area contributed by atoms with Crippen LogP contribution < -0.4 is 5.32 Å². The summed E-state index contributed by atoms with van der Waals surface area (Å²) in [5.74, 6) is 0. The highest BCUT2D eigenvalue weighted by molar-refractivity contribution is 7.17. The zero-order valence-electron chi connectivity index (χ0n) is 6.24. The lowest BCUT2D eigenvalue weighted by molar-refractivity contribution is 1.48. The summed E-state index contributed by atoms with van der Waals surface area (Å²) in [7, 11) is 0. The van der Waals surface area contributed by atoms with E-state index in [4.69, 9.17) is 5.26 Å². The van der Waals surface area contributed by atoms with Crippen molar-refractivity contribution in [1.82, 2.24) is 0 Å². The van der Waals surface area contributed by atoms with Gasteiger partial charge in [-0.05, 0) is 35.0 Å². The molecule has 0 fully saturated rings. The van der Waals surface area contributed by atoms with Crippen molar-refractivity contribution < 1.29 is 0 Å². The molecule has 0 aliphatic carbocycles. The van der Waals surface area contributed by atoms with Gasteiger partial charge in [-0.2, -0.15) is 5.26 Å². The molecule has 0 aliphatic heterocycles. The van der Waals surface area contributed by atoms with E-state index in [2.05, 4.69) is 5.32 Å². The quantitative estimate of drug-likeness (QED) is 0.533. The molecule has 1 N–H and O–H groups in total. The van der Waals surface area contributed by atoms with Gasteiger partial charge in [-0.3, -0.25) is 5.32 Å². The van der Waals surface area contributed by atoms with Crippen LogP contribution in [0.2, 0.25) is 0 Å². The number of anilines is 1. The van der Waals surface area contributed by atoms with E-state index in [-0.39, 0.29) is 0 Å². The van der Waals surface area contributed by atoms with Crippen molar-refractivity contribution in [3.63, 3.8) is 0 Å². The summed E-state index contributed by atoms with van der Waals surface area (Å²) in [5.41, 5.74) is 0.850. The van der Waals surface area contributed by atoms with E-state index in [1.54, 1.807) is 11.3 Å². The molecular formula is C9H6N2S. The molecule has 0 aliphatic rings. The number of hydrogen-bond acceptors (Lipinski definition) is 3. The average molecular weight is 174 g/mol. The van der Waals surface area contributed by atoms with E-state index in [0.717, 1.165) is 5.69 Å². The zero-order valence-corrected chi connectivity index (χ0v) is 7.06. The van der Waals surface area contributed by atoms with Crippen LogP contribution in [0.4, 0.5) is 5.69 Å². The molecule has 58 valence electrons. The predicted octanol–water partition coefficient (Wildman–Crippen LogP) is 2.79. The van der Waals surface area contributed by atoms with Gasteiger partial charge in [-0.1, -0.05) is 0 Å². The van der Waals surface area contributed by atoms with E-state index in [9.17, 15) is 0 Å². The second-order valence-corrected chi connectivity index (χ2v) is 3.36. The Labute approximate surface area is 74.1 Å². The van der Waals surface area contributed by atoms with E-state index in [1.165, 1.54) is 10.1 Å². The first-order valence-electron chi connectivity index (χ1n) is 3.52. The molecule has 3 heteroatoms. The molecule has 2 aromatic rings. The van der Waals surface area contributed by atoms with Crippen molar-refractivity contribution in [1.29, 1.82) is 5.26 Å². The molecule has 2 rings (SSSR count). The molecule has 0 saturated heterocycles. The fourth-order valence-corrected chi connectivity index (χ4v) is 1.88. The minimum Gasteiger partial charge on any atom is -0.293 e. The summed E-state index contributed by atoms with van der Waals surface area (Å²) in [6.45, 7) is 0. The summed E-state index contributed by atoms with van der Waals surface area (Å²) in [4.78, 5) is 0. The maximum absolute atomic E-state index is 8.38. The summed E-state index contributed by atoms with van der Waals surface area (Å²) in [6.07, 6.45) is 1.89. The predicted molar refractivity (Wildman–Crippen MR) is 51.1 cm³/mol. The third-order valence-electron chi connectivity index (χ3n) is 1.65. The maximum atomic E-state index is 8.38.